The van der Waals surface area contributed by atoms with Gasteiger partial charge in [-0.3, -0.25) is 9.48 Å². The summed E-state index contributed by atoms with van der Waals surface area (Å²) in [7, 11) is 1.77. The van der Waals surface area contributed by atoms with Crippen LogP contribution in [-0.2, 0) is 7.05 Å². The maximum Gasteiger partial charge on any atom is 0.189 e. The molecule has 2 unspecified atom stereocenters. The van der Waals surface area contributed by atoms with E-state index < -0.39 is 0 Å². The topological polar surface area (TPSA) is 59.8 Å². The number of ketones is 1. The number of aromatic nitrogens is 3. The Bertz CT molecular complexity index is 360. The van der Waals surface area contributed by atoms with Crippen LogP contribution in [0.25, 0.3) is 0 Å². The number of aryl methyl sites for hydroxylation is 1. The predicted molar refractivity (Wildman–Crippen MR) is 55.5 cm³/mol. The van der Waals surface area contributed by atoms with Gasteiger partial charge in [-0.2, -0.15) is 0 Å². The fraction of sp³-hybridized carbons (Fsp3) is 0.700. The van der Waals surface area contributed by atoms with Gasteiger partial charge in [-0.05, 0) is 26.3 Å². The van der Waals surface area contributed by atoms with Crippen LogP contribution in [0, 0.1) is 5.92 Å². The lowest BCUT2D eigenvalue weighted by Crippen LogP contribution is -2.42. The number of nitrogens with one attached hydrogen (secondary N) is 1. The van der Waals surface area contributed by atoms with Crippen molar-refractivity contribution in [1.82, 2.24) is 20.3 Å². The Morgan fingerprint density at radius 2 is 2.47 bits per heavy atom. The van der Waals surface area contributed by atoms with Gasteiger partial charge in [0.25, 0.3) is 0 Å². The lowest BCUT2D eigenvalue weighted by Gasteiger charge is -2.27. The van der Waals surface area contributed by atoms with Crippen molar-refractivity contribution in [3.8, 4) is 0 Å². The zero-order valence-corrected chi connectivity index (χ0v) is 9.10. The van der Waals surface area contributed by atoms with Crippen molar-refractivity contribution in [1.29, 1.82) is 0 Å². The van der Waals surface area contributed by atoms with Crippen LogP contribution < -0.4 is 5.32 Å². The number of nitrogens with zero attached hydrogens (tertiary/aromatic N) is 3. The molecule has 82 valence electrons. The van der Waals surface area contributed by atoms with E-state index in [-0.39, 0.29) is 17.7 Å². The highest BCUT2D eigenvalue weighted by molar-refractivity contribution is 5.96. The average molecular weight is 208 g/mol. The number of piperidine rings is 1. The summed E-state index contributed by atoms with van der Waals surface area (Å²) in [6, 6.07) is 0.244. The summed E-state index contributed by atoms with van der Waals surface area (Å²) in [6.07, 6.45) is 3.69. The molecule has 0 bridgehead atoms. The molecule has 2 atom stereocenters. The monoisotopic (exact) mass is 208 g/mol. The first-order valence-electron chi connectivity index (χ1n) is 5.32. The average Bonchev–Trinajstić information content (AvgIpc) is 2.65. The molecule has 0 saturated carbocycles. The molecule has 0 amide bonds. The molecule has 0 radical (unpaired) electrons. The van der Waals surface area contributed by atoms with E-state index >= 15 is 0 Å². The zero-order valence-electron chi connectivity index (χ0n) is 9.10. The van der Waals surface area contributed by atoms with Crippen molar-refractivity contribution in [3.05, 3.63) is 11.9 Å². The van der Waals surface area contributed by atoms with Gasteiger partial charge < -0.3 is 5.32 Å². The Labute approximate surface area is 88.9 Å². The summed E-state index contributed by atoms with van der Waals surface area (Å²) in [5, 5.41) is 11.0. The lowest BCUT2D eigenvalue weighted by molar-refractivity contribution is 0.0861. The molecule has 5 heteroatoms. The summed E-state index contributed by atoms with van der Waals surface area (Å²) >= 11 is 0. The van der Waals surface area contributed by atoms with Gasteiger partial charge in [0.2, 0.25) is 0 Å². The third-order valence-corrected chi connectivity index (χ3v) is 2.95. The van der Waals surface area contributed by atoms with Crippen molar-refractivity contribution in [2.45, 2.75) is 25.8 Å². The second kappa shape index (κ2) is 4.10. The number of hydrogen-bond donors (Lipinski definition) is 1. The van der Waals surface area contributed by atoms with E-state index in [2.05, 4.69) is 22.6 Å². The molecule has 1 aromatic rings. The fourth-order valence-corrected chi connectivity index (χ4v) is 2.05. The number of hydrogen-bond acceptors (Lipinski definition) is 4. The Hall–Kier alpha value is -1.23. The van der Waals surface area contributed by atoms with Crippen LogP contribution in [0.15, 0.2) is 6.20 Å². The molecule has 0 aromatic carbocycles. The van der Waals surface area contributed by atoms with Crippen LogP contribution in [0.2, 0.25) is 0 Å². The van der Waals surface area contributed by atoms with E-state index in [0.717, 1.165) is 19.4 Å². The van der Waals surface area contributed by atoms with Crippen LogP contribution in [0.3, 0.4) is 0 Å². The Morgan fingerprint density at radius 3 is 3.07 bits per heavy atom. The molecule has 2 heterocycles. The summed E-state index contributed by atoms with van der Waals surface area (Å²) < 4.78 is 1.56. The van der Waals surface area contributed by atoms with Crippen molar-refractivity contribution < 1.29 is 4.79 Å². The van der Waals surface area contributed by atoms with Crippen LogP contribution in [0.5, 0.6) is 0 Å². The van der Waals surface area contributed by atoms with Gasteiger partial charge >= 0.3 is 0 Å². The molecule has 1 aliphatic heterocycles. The van der Waals surface area contributed by atoms with E-state index in [1.54, 1.807) is 17.9 Å². The second-order valence-corrected chi connectivity index (χ2v) is 4.13. The van der Waals surface area contributed by atoms with Gasteiger partial charge in [0.15, 0.2) is 5.78 Å². The molecule has 1 fully saturated rings. The van der Waals surface area contributed by atoms with Gasteiger partial charge in [0.1, 0.15) is 5.69 Å². The van der Waals surface area contributed by atoms with Crippen LogP contribution in [0.1, 0.15) is 30.3 Å². The van der Waals surface area contributed by atoms with Crippen LogP contribution in [-0.4, -0.2) is 33.4 Å². The van der Waals surface area contributed by atoms with Gasteiger partial charge in [0.05, 0.1) is 6.20 Å². The number of carbonyl (C=O) groups excluding carboxylic acids is 1. The van der Waals surface area contributed by atoms with Gasteiger partial charge in [-0.25, -0.2) is 0 Å². The Morgan fingerprint density at radius 1 is 1.67 bits per heavy atom. The standard InChI is InChI=1S/C10H16N4O/c1-7-8(4-3-5-11-7)10(15)9-6-14(2)13-12-9/h6-8,11H,3-5H2,1-2H3. The molecule has 0 spiro atoms. The van der Waals surface area contributed by atoms with E-state index in [9.17, 15) is 4.79 Å². The van der Waals surface area contributed by atoms with Crippen LogP contribution in [0.4, 0.5) is 0 Å². The molecule has 1 aliphatic rings. The zero-order chi connectivity index (χ0) is 10.8. The highest BCUT2D eigenvalue weighted by atomic mass is 16.1. The first-order chi connectivity index (χ1) is 7.18. The molecular formula is C10H16N4O. The lowest BCUT2D eigenvalue weighted by atomic mass is 9.87. The maximum absolute atomic E-state index is 12.1. The van der Waals surface area contributed by atoms with Crippen LogP contribution >= 0.6 is 0 Å². The van der Waals surface area contributed by atoms with Gasteiger partial charge in [0, 0.05) is 19.0 Å². The number of rotatable bonds is 2. The molecular weight excluding hydrogens is 192 g/mol. The van der Waals surface area contributed by atoms with Crippen molar-refractivity contribution in [2.75, 3.05) is 6.54 Å². The van der Waals surface area contributed by atoms with E-state index in [1.807, 2.05) is 0 Å². The predicted octanol–water partition coefficient (Wildman–Crippen LogP) is 0.386. The van der Waals surface area contributed by atoms with Gasteiger partial charge in [-0.15, -0.1) is 5.10 Å². The second-order valence-electron chi connectivity index (χ2n) is 4.13. The molecule has 5 nitrogen and oxygen atoms in total. The first kappa shape index (κ1) is 10.3. The minimum Gasteiger partial charge on any atom is -0.314 e. The van der Waals surface area contributed by atoms with E-state index in [4.69, 9.17) is 0 Å². The third-order valence-electron chi connectivity index (χ3n) is 2.95. The Balaban J connectivity index is 2.13. The molecule has 1 N–H and O–H groups in total. The smallest absolute Gasteiger partial charge is 0.189 e. The SMILES string of the molecule is CC1NCCCC1C(=O)c1cn(C)nn1. The quantitative estimate of drug-likeness (QED) is 0.714. The van der Waals surface area contributed by atoms with E-state index in [0.29, 0.717) is 5.69 Å². The Kier molecular flexibility index (Phi) is 2.81. The number of Topliss-reactive ketones (excluding diaryl/α,β-unsaturated/α-hetero) is 1. The largest absolute Gasteiger partial charge is 0.314 e. The third kappa shape index (κ3) is 2.07. The van der Waals surface area contributed by atoms with Crippen molar-refractivity contribution >= 4 is 5.78 Å². The summed E-state index contributed by atoms with van der Waals surface area (Å²) in [5.41, 5.74) is 0.484. The summed E-state index contributed by atoms with van der Waals surface area (Å²) in [6.45, 7) is 3.06. The molecule has 1 saturated heterocycles. The van der Waals surface area contributed by atoms with Crippen molar-refractivity contribution in [2.24, 2.45) is 13.0 Å². The molecule has 0 aliphatic carbocycles. The molecule has 15 heavy (non-hydrogen) atoms. The normalized spacial score (nSPS) is 26.5. The van der Waals surface area contributed by atoms with E-state index in [1.165, 1.54) is 0 Å². The number of carbonyl (C=O) groups is 1. The summed E-state index contributed by atoms with van der Waals surface area (Å²) in [5.74, 6) is 0.165. The minimum atomic E-state index is 0.0513. The fourth-order valence-electron chi connectivity index (χ4n) is 2.05. The minimum absolute atomic E-state index is 0.0513. The van der Waals surface area contributed by atoms with Gasteiger partial charge in [-0.1, -0.05) is 5.21 Å². The molecule has 2 rings (SSSR count). The summed E-state index contributed by atoms with van der Waals surface area (Å²) in [4.78, 5) is 12.1. The maximum atomic E-state index is 12.1. The highest BCUT2D eigenvalue weighted by Gasteiger charge is 2.29. The highest BCUT2D eigenvalue weighted by Crippen LogP contribution is 2.20. The van der Waals surface area contributed by atoms with Crippen molar-refractivity contribution in [3.63, 3.8) is 0 Å². The molecule has 1 aromatic heterocycles. The first-order valence-corrected chi connectivity index (χ1v) is 5.32.